The summed E-state index contributed by atoms with van der Waals surface area (Å²) < 4.78 is 39.6. The molecule has 0 aliphatic carbocycles. The zero-order valence-corrected chi connectivity index (χ0v) is 12.3. The molecule has 9 heteroatoms. The first kappa shape index (κ1) is 14.4. The van der Waals surface area contributed by atoms with Crippen molar-refractivity contribution >= 4 is 55.9 Å². The van der Waals surface area contributed by atoms with Crippen LogP contribution in [-0.4, -0.2) is 8.42 Å². The van der Waals surface area contributed by atoms with Crippen LogP contribution in [0.1, 0.15) is 0 Å². The molecule has 2 rings (SSSR count). The number of halogens is 3. The molecule has 0 bridgehead atoms. The zero-order valence-electron chi connectivity index (χ0n) is 9.15. The lowest BCUT2D eigenvalue weighted by Crippen LogP contribution is -2.14. The molecule has 0 spiro atoms. The van der Waals surface area contributed by atoms with E-state index in [1.54, 1.807) is 0 Å². The Hall–Kier alpha value is -1.02. The van der Waals surface area contributed by atoms with E-state index in [-0.39, 0.29) is 24.9 Å². The van der Waals surface area contributed by atoms with Crippen LogP contribution in [0.25, 0.3) is 0 Å². The van der Waals surface area contributed by atoms with Gasteiger partial charge < -0.3 is 5.73 Å². The van der Waals surface area contributed by atoms with Gasteiger partial charge in [-0.1, -0.05) is 23.2 Å². The van der Waals surface area contributed by atoms with E-state index in [1.165, 1.54) is 12.1 Å². The molecule has 0 fully saturated rings. The maximum absolute atomic E-state index is 13.1. The van der Waals surface area contributed by atoms with Gasteiger partial charge in [0.2, 0.25) is 0 Å². The van der Waals surface area contributed by atoms with Crippen molar-refractivity contribution in [3.63, 3.8) is 0 Å². The number of rotatable bonds is 3. The number of hydrogen-bond acceptors (Lipinski definition) is 4. The Labute approximate surface area is 123 Å². The second-order valence-electron chi connectivity index (χ2n) is 3.53. The van der Waals surface area contributed by atoms with Gasteiger partial charge in [-0.25, -0.2) is 12.8 Å². The average molecular weight is 341 g/mol. The van der Waals surface area contributed by atoms with E-state index in [4.69, 9.17) is 28.9 Å². The van der Waals surface area contributed by atoms with Crippen LogP contribution in [0.4, 0.5) is 15.8 Å². The lowest BCUT2D eigenvalue weighted by Gasteiger charge is -2.09. The van der Waals surface area contributed by atoms with E-state index in [9.17, 15) is 12.8 Å². The standard InChI is InChI=1S/C10H7Cl2FN2O2S2/c11-9-4-8(10(12)18-9)19(16,17)15-7-3-5(13)1-2-6(7)14/h1-4,15H,14H2. The first-order chi connectivity index (χ1) is 8.79. The van der Waals surface area contributed by atoms with Gasteiger partial charge in [0.25, 0.3) is 10.0 Å². The van der Waals surface area contributed by atoms with Crippen LogP contribution in [0, 0.1) is 5.82 Å². The number of anilines is 2. The van der Waals surface area contributed by atoms with Crippen LogP contribution in [0.2, 0.25) is 8.67 Å². The number of nitrogens with two attached hydrogens (primary N) is 1. The molecule has 0 unspecified atom stereocenters. The van der Waals surface area contributed by atoms with Crippen LogP contribution in [0.5, 0.6) is 0 Å². The van der Waals surface area contributed by atoms with E-state index in [2.05, 4.69) is 4.72 Å². The van der Waals surface area contributed by atoms with E-state index in [0.717, 1.165) is 23.5 Å². The Morgan fingerprint density at radius 3 is 2.53 bits per heavy atom. The molecule has 0 aliphatic heterocycles. The summed E-state index contributed by atoms with van der Waals surface area (Å²) in [6.45, 7) is 0. The quantitative estimate of drug-likeness (QED) is 0.838. The first-order valence-corrected chi connectivity index (χ1v) is 7.88. The summed E-state index contributed by atoms with van der Waals surface area (Å²) in [5.41, 5.74) is 5.61. The van der Waals surface area contributed by atoms with E-state index < -0.39 is 15.8 Å². The summed E-state index contributed by atoms with van der Waals surface area (Å²) in [4.78, 5) is -0.173. The normalized spacial score (nSPS) is 11.5. The molecule has 1 aromatic heterocycles. The highest BCUT2D eigenvalue weighted by atomic mass is 35.5. The summed E-state index contributed by atoms with van der Waals surface area (Å²) in [7, 11) is -3.97. The molecule has 0 saturated carbocycles. The van der Waals surface area contributed by atoms with Crippen LogP contribution >= 0.6 is 34.5 Å². The summed E-state index contributed by atoms with van der Waals surface area (Å²) in [5, 5.41) is 0. The van der Waals surface area contributed by atoms with Gasteiger partial charge in [-0.3, -0.25) is 4.72 Å². The molecule has 0 amide bonds. The third kappa shape index (κ3) is 3.11. The number of sulfonamides is 1. The Kier molecular flexibility index (Phi) is 3.91. The topological polar surface area (TPSA) is 72.2 Å². The molecule has 19 heavy (non-hydrogen) atoms. The number of nitrogens with one attached hydrogen (secondary N) is 1. The average Bonchev–Trinajstić information content (AvgIpc) is 2.63. The van der Waals surface area contributed by atoms with Crippen molar-refractivity contribution in [1.82, 2.24) is 0 Å². The lowest BCUT2D eigenvalue weighted by molar-refractivity contribution is 0.601. The molecular weight excluding hydrogens is 334 g/mol. The highest BCUT2D eigenvalue weighted by molar-refractivity contribution is 7.93. The molecule has 2 aromatic rings. The predicted molar refractivity (Wildman–Crippen MR) is 76.0 cm³/mol. The van der Waals surface area contributed by atoms with Crippen molar-refractivity contribution in [1.29, 1.82) is 0 Å². The molecular formula is C10H7Cl2FN2O2S2. The van der Waals surface area contributed by atoms with Gasteiger partial charge in [0.1, 0.15) is 15.0 Å². The predicted octanol–water partition coefficient (Wildman–Crippen LogP) is 3.58. The van der Waals surface area contributed by atoms with Gasteiger partial charge >= 0.3 is 0 Å². The van der Waals surface area contributed by atoms with Crippen molar-refractivity contribution in [2.45, 2.75) is 4.90 Å². The number of nitrogen functional groups attached to an aromatic ring is 1. The lowest BCUT2D eigenvalue weighted by atomic mass is 10.3. The maximum atomic E-state index is 13.1. The number of thiophene rings is 1. The molecule has 4 nitrogen and oxygen atoms in total. The van der Waals surface area contributed by atoms with Gasteiger partial charge in [0.05, 0.1) is 15.7 Å². The Bertz CT molecular complexity index is 731. The summed E-state index contributed by atoms with van der Waals surface area (Å²) in [5.74, 6) is -0.610. The summed E-state index contributed by atoms with van der Waals surface area (Å²) in [6.07, 6.45) is 0. The molecule has 0 atom stereocenters. The second-order valence-corrected chi connectivity index (χ2v) is 7.46. The molecule has 0 aliphatic rings. The zero-order chi connectivity index (χ0) is 14.2. The molecule has 0 saturated heterocycles. The van der Waals surface area contributed by atoms with E-state index in [0.29, 0.717) is 0 Å². The van der Waals surface area contributed by atoms with Crippen molar-refractivity contribution in [3.8, 4) is 0 Å². The maximum Gasteiger partial charge on any atom is 0.264 e. The third-order valence-electron chi connectivity index (χ3n) is 2.17. The van der Waals surface area contributed by atoms with Crippen LogP contribution in [0.3, 0.4) is 0 Å². The second kappa shape index (κ2) is 5.16. The van der Waals surface area contributed by atoms with Gasteiger partial charge in [-0.2, -0.15) is 0 Å². The SMILES string of the molecule is Nc1ccc(F)cc1NS(=O)(=O)c1cc(Cl)sc1Cl. The minimum absolute atomic E-state index is 0.0208. The van der Waals surface area contributed by atoms with Gasteiger partial charge in [-0.15, -0.1) is 11.3 Å². The minimum atomic E-state index is -3.97. The summed E-state index contributed by atoms with van der Waals surface area (Å²) in [6, 6.07) is 4.58. The largest absolute Gasteiger partial charge is 0.397 e. The monoisotopic (exact) mass is 340 g/mol. The van der Waals surface area contributed by atoms with Crippen LogP contribution < -0.4 is 10.5 Å². The van der Waals surface area contributed by atoms with Crippen LogP contribution in [-0.2, 0) is 10.0 Å². The van der Waals surface area contributed by atoms with Gasteiger partial charge in [0, 0.05) is 6.07 Å². The third-order valence-corrected chi connectivity index (χ3v) is 5.29. The summed E-state index contributed by atoms with van der Waals surface area (Å²) >= 11 is 12.4. The molecule has 1 aromatic carbocycles. The van der Waals surface area contributed by atoms with Crippen molar-refractivity contribution < 1.29 is 12.8 Å². The Morgan fingerprint density at radius 1 is 1.26 bits per heavy atom. The van der Waals surface area contributed by atoms with Gasteiger partial charge in [-0.05, 0) is 18.2 Å². The fraction of sp³-hybridized carbons (Fsp3) is 0. The Morgan fingerprint density at radius 2 is 1.95 bits per heavy atom. The number of benzene rings is 1. The smallest absolute Gasteiger partial charge is 0.264 e. The van der Waals surface area contributed by atoms with Gasteiger partial charge in [0.15, 0.2) is 0 Å². The molecule has 0 radical (unpaired) electrons. The highest BCUT2D eigenvalue weighted by Crippen LogP contribution is 2.35. The van der Waals surface area contributed by atoms with E-state index in [1.807, 2.05) is 0 Å². The van der Waals surface area contributed by atoms with Crippen molar-refractivity contribution in [2.24, 2.45) is 0 Å². The van der Waals surface area contributed by atoms with Crippen LogP contribution in [0.15, 0.2) is 29.2 Å². The first-order valence-electron chi connectivity index (χ1n) is 4.82. The fourth-order valence-electron chi connectivity index (χ4n) is 1.33. The fourth-order valence-corrected chi connectivity index (χ4v) is 4.55. The minimum Gasteiger partial charge on any atom is -0.397 e. The number of hydrogen-bond donors (Lipinski definition) is 2. The highest BCUT2D eigenvalue weighted by Gasteiger charge is 2.22. The molecule has 3 N–H and O–H groups in total. The van der Waals surface area contributed by atoms with Crippen molar-refractivity contribution in [2.75, 3.05) is 10.5 Å². The van der Waals surface area contributed by atoms with Crippen molar-refractivity contribution in [3.05, 3.63) is 38.8 Å². The Balaban J connectivity index is 2.42. The van der Waals surface area contributed by atoms with E-state index >= 15 is 0 Å². The molecule has 1 heterocycles. The molecule has 102 valence electrons.